The molecule has 1 amide bonds. The van der Waals surface area contributed by atoms with Gasteiger partial charge in [0.1, 0.15) is 0 Å². The molecule has 1 aromatic heterocycles. The molecular weight excluding hydrogens is 310 g/mol. The average molecular weight is 331 g/mol. The molecule has 0 saturated carbocycles. The highest BCUT2D eigenvalue weighted by molar-refractivity contribution is 5.92. The van der Waals surface area contributed by atoms with E-state index in [9.17, 15) is 14.9 Å². The zero-order valence-electron chi connectivity index (χ0n) is 13.8. The molecule has 0 saturated heterocycles. The molecule has 0 aliphatic carbocycles. The van der Waals surface area contributed by atoms with E-state index in [2.05, 4.69) is 29.2 Å². The van der Waals surface area contributed by atoms with Crippen molar-refractivity contribution in [1.29, 1.82) is 0 Å². The van der Waals surface area contributed by atoms with Crippen molar-refractivity contribution < 1.29 is 9.72 Å². The lowest BCUT2D eigenvalue weighted by Gasteiger charge is -2.17. The maximum atomic E-state index is 12.1. The van der Waals surface area contributed by atoms with Crippen molar-refractivity contribution in [3.63, 3.8) is 0 Å². The molecule has 24 heavy (non-hydrogen) atoms. The van der Waals surface area contributed by atoms with Gasteiger partial charge in [0.2, 0.25) is 0 Å². The van der Waals surface area contributed by atoms with E-state index >= 15 is 0 Å². The lowest BCUT2D eigenvalue weighted by molar-refractivity contribution is -0.384. The largest absolute Gasteiger partial charge is 0.349 e. The molecule has 0 aliphatic rings. The zero-order valence-corrected chi connectivity index (χ0v) is 13.8. The van der Waals surface area contributed by atoms with E-state index in [1.807, 2.05) is 0 Å². The predicted molar refractivity (Wildman–Crippen MR) is 90.3 cm³/mol. The third kappa shape index (κ3) is 4.39. The number of carbonyl (C=O) groups is 1. The minimum Gasteiger partial charge on any atom is -0.349 e. The SMILES string of the molecule is CCN(CC)CCNC(=O)c1ccn(-c2cccc([N+](=O)[O-])c2)n1. The van der Waals surface area contributed by atoms with Crippen LogP contribution in [0.3, 0.4) is 0 Å². The van der Waals surface area contributed by atoms with Crippen LogP contribution in [0.4, 0.5) is 5.69 Å². The van der Waals surface area contributed by atoms with E-state index < -0.39 is 4.92 Å². The monoisotopic (exact) mass is 331 g/mol. The topological polar surface area (TPSA) is 93.3 Å². The Bertz CT molecular complexity index is 709. The number of likely N-dealkylation sites (N-methyl/N-ethyl adjacent to an activating group) is 1. The second-order valence-corrected chi connectivity index (χ2v) is 5.21. The highest BCUT2D eigenvalue weighted by Gasteiger charge is 2.12. The molecule has 0 radical (unpaired) electrons. The van der Waals surface area contributed by atoms with Crippen LogP contribution in [0.25, 0.3) is 5.69 Å². The summed E-state index contributed by atoms with van der Waals surface area (Å²) >= 11 is 0. The first-order valence-electron chi connectivity index (χ1n) is 7.86. The number of carbonyl (C=O) groups excluding carboxylic acids is 1. The molecule has 8 heteroatoms. The number of nitrogens with zero attached hydrogens (tertiary/aromatic N) is 4. The van der Waals surface area contributed by atoms with Crippen molar-refractivity contribution in [3.8, 4) is 5.69 Å². The van der Waals surface area contributed by atoms with Crippen LogP contribution in [0.5, 0.6) is 0 Å². The first kappa shape index (κ1) is 17.6. The Labute approximate surface area is 140 Å². The zero-order chi connectivity index (χ0) is 17.5. The Hall–Kier alpha value is -2.74. The standard InChI is InChI=1S/C16H21N5O3/c1-3-19(4-2)11-9-17-16(22)15-8-10-20(18-15)13-6-5-7-14(12-13)21(23)24/h5-8,10,12H,3-4,9,11H2,1-2H3,(H,17,22). The van der Waals surface area contributed by atoms with Gasteiger partial charge in [-0.25, -0.2) is 4.68 Å². The maximum Gasteiger partial charge on any atom is 0.271 e. The lowest BCUT2D eigenvalue weighted by Crippen LogP contribution is -2.35. The van der Waals surface area contributed by atoms with Crippen LogP contribution in [0, 0.1) is 10.1 Å². The van der Waals surface area contributed by atoms with Crippen molar-refractivity contribution in [1.82, 2.24) is 20.0 Å². The lowest BCUT2D eigenvalue weighted by atomic mass is 10.3. The molecule has 0 bridgehead atoms. The number of hydrogen-bond donors (Lipinski definition) is 1. The Morgan fingerprint density at radius 2 is 2.08 bits per heavy atom. The number of aromatic nitrogens is 2. The summed E-state index contributed by atoms with van der Waals surface area (Å²) in [5.41, 5.74) is 0.792. The minimum atomic E-state index is -0.464. The molecule has 8 nitrogen and oxygen atoms in total. The van der Waals surface area contributed by atoms with Gasteiger partial charge in [-0.15, -0.1) is 0 Å². The van der Waals surface area contributed by atoms with E-state index in [-0.39, 0.29) is 17.3 Å². The van der Waals surface area contributed by atoms with Crippen molar-refractivity contribution in [2.45, 2.75) is 13.8 Å². The number of nitro groups is 1. The van der Waals surface area contributed by atoms with Gasteiger partial charge in [-0.1, -0.05) is 19.9 Å². The molecule has 128 valence electrons. The number of nitro benzene ring substituents is 1. The highest BCUT2D eigenvalue weighted by Crippen LogP contribution is 2.16. The van der Waals surface area contributed by atoms with E-state index in [0.717, 1.165) is 19.6 Å². The Morgan fingerprint density at radius 3 is 2.75 bits per heavy atom. The van der Waals surface area contributed by atoms with Crippen LogP contribution in [-0.2, 0) is 0 Å². The van der Waals surface area contributed by atoms with Crippen LogP contribution in [0.15, 0.2) is 36.5 Å². The maximum absolute atomic E-state index is 12.1. The van der Waals surface area contributed by atoms with Crippen LogP contribution in [0.2, 0.25) is 0 Å². The summed E-state index contributed by atoms with van der Waals surface area (Å²) in [6, 6.07) is 7.69. The van der Waals surface area contributed by atoms with Crippen LogP contribution in [-0.4, -0.2) is 51.7 Å². The average Bonchev–Trinajstić information content (AvgIpc) is 3.09. The van der Waals surface area contributed by atoms with Gasteiger partial charge in [-0.2, -0.15) is 5.10 Å². The van der Waals surface area contributed by atoms with Crippen molar-refractivity contribution in [2.75, 3.05) is 26.2 Å². The number of nitrogens with one attached hydrogen (secondary N) is 1. The number of hydrogen-bond acceptors (Lipinski definition) is 5. The van der Waals surface area contributed by atoms with Gasteiger partial charge in [0.15, 0.2) is 5.69 Å². The second kappa shape index (κ2) is 8.21. The molecule has 0 fully saturated rings. The van der Waals surface area contributed by atoms with Crippen LogP contribution >= 0.6 is 0 Å². The van der Waals surface area contributed by atoms with E-state index in [1.165, 1.54) is 16.8 Å². The second-order valence-electron chi connectivity index (χ2n) is 5.21. The summed E-state index contributed by atoms with van der Waals surface area (Å²) in [6.07, 6.45) is 1.61. The van der Waals surface area contributed by atoms with Crippen molar-refractivity contribution in [3.05, 3.63) is 52.3 Å². The number of rotatable bonds is 8. The molecular formula is C16H21N5O3. The molecule has 1 heterocycles. The summed E-state index contributed by atoms with van der Waals surface area (Å²) < 4.78 is 1.45. The van der Waals surface area contributed by atoms with Gasteiger partial charge in [0.05, 0.1) is 10.6 Å². The third-order valence-corrected chi connectivity index (χ3v) is 3.73. The first-order valence-corrected chi connectivity index (χ1v) is 7.86. The molecule has 0 atom stereocenters. The van der Waals surface area contributed by atoms with Gasteiger partial charge in [-0.3, -0.25) is 14.9 Å². The molecule has 2 aromatic rings. The molecule has 1 aromatic carbocycles. The number of non-ortho nitro benzene ring substituents is 1. The fraction of sp³-hybridized carbons (Fsp3) is 0.375. The van der Waals surface area contributed by atoms with Gasteiger partial charge >= 0.3 is 0 Å². The molecule has 0 spiro atoms. The van der Waals surface area contributed by atoms with Crippen molar-refractivity contribution in [2.24, 2.45) is 0 Å². The van der Waals surface area contributed by atoms with Crippen molar-refractivity contribution >= 4 is 11.6 Å². The van der Waals surface area contributed by atoms with E-state index in [0.29, 0.717) is 12.2 Å². The highest BCUT2D eigenvalue weighted by atomic mass is 16.6. The van der Waals surface area contributed by atoms with Gasteiger partial charge < -0.3 is 10.2 Å². The third-order valence-electron chi connectivity index (χ3n) is 3.73. The van der Waals surface area contributed by atoms with Crippen LogP contribution in [0.1, 0.15) is 24.3 Å². The summed E-state index contributed by atoms with van der Waals surface area (Å²) in [6.45, 7) is 7.36. The Balaban J connectivity index is 2.01. The molecule has 0 aliphatic heterocycles. The molecule has 2 rings (SSSR count). The summed E-state index contributed by atoms with van der Waals surface area (Å²) in [4.78, 5) is 24.7. The fourth-order valence-corrected chi connectivity index (χ4v) is 2.30. The quantitative estimate of drug-likeness (QED) is 0.588. The normalized spacial score (nSPS) is 10.8. The summed E-state index contributed by atoms with van der Waals surface area (Å²) in [7, 11) is 0. The fourth-order valence-electron chi connectivity index (χ4n) is 2.30. The van der Waals surface area contributed by atoms with Gasteiger partial charge in [0.25, 0.3) is 11.6 Å². The van der Waals surface area contributed by atoms with Gasteiger partial charge in [0, 0.05) is 31.4 Å². The van der Waals surface area contributed by atoms with E-state index in [1.54, 1.807) is 24.4 Å². The minimum absolute atomic E-state index is 0.0202. The Morgan fingerprint density at radius 1 is 1.33 bits per heavy atom. The first-order chi connectivity index (χ1) is 11.5. The Kier molecular flexibility index (Phi) is 6.02. The number of benzene rings is 1. The predicted octanol–water partition coefficient (Wildman–Crippen LogP) is 1.85. The van der Waals surface area contributed by atoms with Gasteiger partial charge in [-0.05, 0) is 25.2 Å². The number of amides is 1. The van der Waals surface area contributed by atoms with E-state index in [4.69, 9.17) is 0 Å². The molecule has 0 unspecified atom stereocenters. The molecule has 1 N–H and O–H groups in total. The summed E-state index contributed by atoms with van der Waals surface area (Å²) in [5, 5.41) is 17.8. The summed E-state index contributed by atoms with van der Waals surface area (Å²) in [5.74, 6) is -0.258. The van der Waals surface area contributed by atoms with Crippen LogP contribution < -0.4 is 5.32 Å². The smallest absolute Gasteiger partial charge is 0.271 e.